The highest BCUT2D eigenvalue weighted by molar-refractivity contribution is 7.92. The first-order valence-electron chi connectivity index (χ1n) is 10.5. The second-order valence-corrected chi connectivity index (χ2v) is 10.1. The standard InChI is InChI=1S/C23H30FN3O3S/c1-4-12-31(29,30)25-21-10-11-22(26(2)3)19(14-21)16-27(15-17-8-9-17)23(28)18-6-5-7-20(24)13-18/h5-7,10-11,13-14,17,25H,4,8-9,12,15-16H2,1-3H3. The van der Waals surface area contributed by atoms with Crippen LogP contribution < -0.4 is 9.62 Å². The van der Waals surface area contributed by atoms with Crippen LogP contribution in [0.2, 0.25) is 0 Å². The van der Waals surface area contributed by atoms with E-state index in [1.807, 2.05) is 32.0 Å². The van der Waals surface area contributed by atoms with E-state index in [9.17, 15) is 17.6 Å². The van der Waals surface area contributed by atoms with Gasteiger partial charge in [0.05, 0.1) is 5.75 Å². The Hall–Kier alpha value is -2.61. The van der Waals surface area contributed by atoms with Crippen LogP contribution in [0.3, 0.4) is 0 Å². The Labute approximate surface area is 184 Å². The van der Waals surface area contributed by atoms with Crippen molar-refractivity contribution in [2.45, 2.75) is 32.7 Å². The number of hydrogen-bond acceptors (Lipinski definition) is 4. The van der Waals surface area contributed by atoms with E-state index in [0.29, 0.717) is 36.7 Å². The molecule has 0 heterocycles. The second kappa shape index (κ2) is 9.68. The monoisotopic (exact) mass is 447 g/mol. The molecule has 0 aliphatic heterocycles. The molecule has 1 aliphatic carbocycles. The molecule has 3 rings (SSSR count). The number of benzene rings is 2. The largest absolute Gasteiger partial charge is 0.377 e. The normalized spacial score (nSPS) is 13.7. The van der Waals surface area contributed by atoms with Gasteiger partial charge in [-0.05, 0) is 67.1 Å². The lowest BCUT2D eigenvalue weighted by Crippen LogP contribution is -2.33. The number of hydrogen-bond donors (Lipinski definition) is 1. The average molecular weight is 448 g/mol. The predicted molar refractivity (Wildman–Crippen MR) is 122 cm³/mol. The average Bonchev–Trinajstić information content (AvgIpc) is 3.50. The van der Waals surface area contributed by atoms with Crippen LogP contribution in [0, 0.1) is 11.7 Å². The van der Waals surface area contributed by atoms with Crippen molar-refractivity contribution in [3.8, 4) is 0 Å². The first-order chi connectivity index (χ1) is 14.7. The van der Waals surface area contributed by atoms with Crippen molar-refractivity contribution in [1.82, 2.24) is 4.90 Å². The van der Waals surface area contributed by atoms with Crippen LogP contribution >= 0.6 is 0 Å². The van der Waals surface area contributed by atoms with Crippen molar-refractivity contribution in [3.63, 3.8) is 0 Å². The summed E-state index contributed by atoms with van der Waals surface area (Å²) in [6.45, 7) is 2.71. The van der Waals surface area contributed by atoms with Gasteiger partial charge in [0, 0.05) is 44.1 Å². The topological polar surface area (TPSA) is 69.7 Å². The molecule has 0 bridgehead atoms. The van der Waals surface area contributed by atoms with Crippen molar-refractivity contribution >= 4 is 27.3 Å². The van der Waals surface area contributed by atoms with Crippen LogP contribution in [-0.2, 0) is 16.6 Å². The summed E-state index contributed by atoms with van der Waals surface area (Å²) in [6.07, 6.45) is 2.67. The molecule has 8 heteroatoms. The van der Waals surface area contributed by atoms with E-state index in [0.717, 1.165) is 24.1 Å². The highest BCUT2D eigenvalue weighted by Crippen LogP contribution is 2.32. The van der Waals surface area contributed by atoms with Gasteiger partial charge in [-0.3, -0.25) is 9.52 Å². The Bertz CT molecular complexity index is 1040. The Morgan fingerprint density at radius 1 is 1.16 bits per heavy atom. The lowest BCUT2D eigenvalue weighted by molar-refractivity contribution is 0.0734. The second-order valence-electron chi connectivity index (χ2n) is 8.30. The fraction of sp³-hybridized carbons (Fsp3) is 0.435. The molecule has 2 aromatic carbocycles. The summed E-state index contributed by atoms with van der Waals surface area (Å²) in [4.78, 5) is 16.8. The summed E-state index contributed by atoms with van der Waals surface area (Å²) in [5.74, 6) is -0.179. The van der Waals surface area contributed by atoms with Crippen molar-refractivity contribution in [2.24, 2.45) is 5.92 Å². The predicted octanol–water partition coefficient (Wildman–Crippen LogP) is 4.10. The third-order valence-electron chi connectivity index (χ3n) is 5.20. The minimum atomic E-state index is -3.42. The van der Waals surface area contributed by atoms with Gasteiger partial charge in [0.15, 0.2) is 0 Å². The summed E-state index contributed by atoms with van der Waals surface area (Å²) in [7, 11) is 0.382. The van der Waals surface area contributed by atoms with Crippen LogP contribution in [0.15, 0.2) is 42.5 Å². The maximum Gasteiger partial charge on any atom is 0.254 e. The molecule has 6 nitrogen and oxygen atoms in total. The van der Waals surface area contributed by atoms with Crippen molar-refractivity contribution in [2.75, 3.05) is 36.0 Å². The number of sulfonamides is 1. The summed E-state index contributed by atoms with van der Waals surface area (Å²) in [6, 6.07) is 11.1. The Kier molecular flexibility index (Phi) is 7.20. The van der Waals surface area contributed by atoms with Gasteiger partial charge in [0.1, 0.15) is 5.82 Å². The van der Waals surface area contributed by atoms with Crippen LogP contribution in [0.1, 0.15) is 42.1 Å². The quantitative estimate of drug-likeness (QED) is 0.595. The van der Waals surface area contributed by atoms with E-state index < -0.39 is 15.8 Å². The molecule has 1 amide bonds. The minimum Gasteiger partial charge on any atom is -0.377 e. The highest BCUT2D eigenvalue weighted by atomic mass is 32.2. The number of amides is 1. The minimum absolute atomic E-state index is 0.0453. The number of anilines is 2. The Morgan fingerprint density at radius 2 is 1.90 bits per heavy atom. The van der Waals surface area contributed by atoms with Crippen LogP contribution in [0.4, 0.5) is 15.8 Å². The molecule has 0 saturated heterocycles. The van der Waals surface area contributed by atoms with E-state index in [-0.39, 0.29) is 11.7 Å². The Balaban J connectivity index is 1.91. The molecule has 1 fully saturated rings. The zero-order chi connectivity index (χ0) is 22.6. The summed E-state index contributed by atoms with van der Waals surface area (Å²) in [5, 5.41) is 0. The third kappa shape index (κ3) is 6.43. The fourth-order valence-electron chi connectivity index (χ4n) is 3.55. The number of carbonyl (C=O) groups is 1. The lowest BCUT2D eigenvalue weighted by atomic mass is 10.1. The van der Waals surface area contributed by atoms with Gasteiger partial charge in [-0.2, -0.15) is 0 Å². The molecule has 1 N–H and O–H groups in total. The van der Waals surface area contributed by atoms with E-state index in [4.69, 9.17) is 0 Å². The molecular formula is C23H30FN3O3S. The van der Waals surface area contributed by atoms with Crippen LogP contribution in [0.25, 0.3) is 0 Å². The number of rotatable bonds is 10. The maximum atomic E-state index is 13.7. The number of nitrogens with one attached hydrogen (secondary N) is 1. The first kappa shape index (κ1) is 23.1. The molecule has 1 aliphatic rings. The van der Waals surface area contributed by atoms with E-state index in [1.54, 1.807) is 23.1 Å². The highest BCUT2D eigenvalue weighted by Gasteiger charge is 2.28. The van der Waals surface area contributed by atoms with E-state index >= 15 is 0 Å². The van der Waals surface area contributed by atoms with Gasteiger partial charge in [0.25, 0.3) is 5.91 Å². The van der Waals surface area contributed by atoms with Crippen molar-refractivity contribution < 1.29 is 17.6 Å². The molecule has 0 atom stereocenters. The maximum absolute atomic E-state index is 13.7. The molecule has 0 spiro atoms. The molecule has 2 aromatic rings. The van der Waals surface area contributed by atoms with Gasteiger partial charge in [0.2, 0.25) is 10.0 Å². The molecule has 168 valence electrons. The van der Waals surface area contributed by atoms with Gasteiger partial charge < -0.3 is 9.80 Å². The first-order valence-corrected chi connectivity index (χ1v) is 12.2. The fourth-order valence-corrected chi connectivity index (χ4v) is 4.68. The van der Waals surface area contributed by atoms with Crippen molar-refractivity contribution in [3.05, 3.63) is 59.4 Å². The molecule has 0 aromatic heterocycles. The van der Waals surface area contributed by atoms with Crippen molar-refractivity contribution in [1.29, 1.82) is 0 Å². The zero-order valence-electron chi connectivity index (χ0n) is 18.3. The van der Waals surface area contributed by atoms with Gasteiger partial charge >= 0.3 is 0 Å². The van der Waals surface area contributed by atoms with Gasteiger partial charge in [-0.1, -0.05) is 13.0 Å². The molecule has 1 saturated carbocycles. The summed E-state index contributed by atoms with van der Waals surface area (Å²) in [5.41, 5.74) is 2.50. The third-order valence-corrected chi connectivity index (χ3v) is 6.70. The van der Waals surface area contributed by atoms with E-state index in [2.05, 4.69) is 4.72 Å². The number of carbonyl (C=O) groups excluding carboxylic acids is 1. The molecule has 0 radical (unpaired) electrons. The smallest absolute Gasteiger partial charge is 0.254 e. The molecular weight excluding hydrogens is 417 g/mol. The van der Waals surface area contributed by atoms with Gasteiger partial charge in [-0.25, -0.2) is 12.8 Å². The van der Waals surface area contributed by atoms with Crippen LogP contribution in [0.5, 0.6) is 0 Å². The molecule has 31 heavy (non-hydrogen) atoms. The summed E-state index contributed by atoms with van der Waals surface area (Å²) < 4.78 is 40.7. The zero-order valence-corrected chi connectivity index (χ0v) is 19.1. The lowest BCUT2D eigenvalue weighted by Gasteiger charge is -2.26. The summed E-state index contributed by atoms with van der Waals surface area (Å²) >= 11 is 0. The number of nitrogens with zero attached hydrogens (tertiary/aromatic N) is 2. The number of halogens is 1. The SMILES string of the molecule is CCCS(=O)(=O)Nc1ccc(N(C)C)c(CN(CC2CC2)C(=O)c2cccc(F)c2)c1. The van der Waals surface area contributed by atoms with Gasteiger partial charge in [-0.15, -0.1) is 0 Å². The van der Waals surface area contributed by atoms with Crippen LogP contribution in [-0.4, -0.2) is 45.6 Å². The van der Waals surface area contributed by atoms with E-state index in [1.165, 1.54) is 18.2 Å². The molecule has 0 unspecified atom stereocenters. The Morgan fingerprint density at radius 3 is 2.52 bits per heavy atom.